The van der Waals surface area contributed by atoms with Crippen LogP contribution in [0.5, 0.6) is 0 Å². The molecule has 0 bridgehead atoms. The topological polar surface area (TPSA) is 88.0 Å². The van der Waals surface area contributed by atoms with Gasteiger partial charge in [-0.05, 0) is 30.2 Å². The van der Waals surface area contributed by atoms with E-state index in [1.165, 1.54) is 12.3 Å². The summed E-state index contributed by atoms with van der Waals surface area (Å²) in [7, 11) is 0. The van der Waals surface area contributed by atoms with Gasteiger partial charge in [0.25, 0.3) is 5.91 Å². The molecule has 0 saturated heterocycles. The van der Waals surface area contributed by atoms with Gasteiger partial charge in [0.2, 0.25) is 5.56 Å². The molecule has 2 aromatic rings. The first-order valence-electron chi connectivity index (χ1n) is 5.90. The molecule has 98 valence electrons. The molecule has 0 aliphatic rings. The molecule has 0 atom stereocenters. The van der Waals surface area contributed by atoms with Crippen LogP contribution in [-0.2, 0) is 6.54 Å². The molecular formula is C14H15N3O2. The fourth-order valence-corrected chi connectivity index (χ4v) is 1.71. The average Bonchev–Trinajstić information content (AvgIpc) is 2.41. The van der Waals surface area contributed by atoms with Crippen molar-refractivity contribution in [3.05, 3.63) is 63.6 Å². The summed E-state index contributed by atoms with van der Waals surface area (Å²) in [5.41, 5.74) is 8.17. The zero-order valence-corrected chi connectivity index (χ0v) is 10.6. The molecule has 0 unspecified atom stereocenters. The molecule has 0 saturated carbocycles. The van der Waals surface area contributed by atoms with Crippen molar-refractivity contribution >= 4 is 11.6 Å². The summed E-state index contributed by atoms with van der Waals surface area (Å²) < 4.78 is 0. The standard InChI is InChI=1S/C14H15N3O2/c1-9-2-3-10(8-15)6-12(9)17-14(19)11-4-5-16-13(18)7-11/h2-7H,8,15H2,1H3,(H,16,18)(H,17,19). The molecule has 0 aliphatic heterocycles. The van der Waals surface area contributed by atoms with Crippen molar-refractivity contribution in [2.24, 2.45) is 5.73 Å². The number of benzene rings is 1. The van der Waals surface area contributed by atoms with E-state index in [2.05, 4.69) is 10.3 Å². The lowest BCUT2D eigenvalue weighted by atomic mass is 10.1. The van der Waals surface area contributed by atoms with Gasteiger partial charge < -0.3 is 16.0 Å². The average molecular weight is 257 g/mol. The van der Waals surface area contributed by atoms with Gasteiger partial charge in [-0.15, -0.1) is 0 Å². The van der Waals surface area contributed by atoms with E-state index in [0.29, 0.717) is 17.8 Å². The van der Waals surface area contributed by atoms with E-state index in [1.54, 1.807) is 6.07 Å². The molecule has 2 rings (SSSR count). The Balaban J connectivity index is 2.26. The highest BCUT2D eigenvalue weighted by atomic mass is 16.2. The highest BCUT2D eigenvalue weighted by molar-refractivity contribution is 6.04. The van der Waals surface area contributed by atoms with E-state index >= 15 is 0 Å². The van der Waals surface area contributed by atoms with Gasteiger partial charge in [-0.25, -0.2) is 0 Å². The second kappa shape index (κ2) is 5.49. The Hall–Kier alpha value is -2.40. The second-order valence-electron chi connectivity index (χ2n) is 4.25. The van der Waals surface area contributed by atoms with Crippen LogP contribution in [0.3, 0.4) is 0 Å². The van der Waals surface area contributed by atoms with Gasteiger partial charge in [-0.3, -0.25) is 9.59 Å². The number of aryl methyl sites for hydroxylation is 1. The maximum Gasteiger partial charge on any atom is 0.255 e. The lowest BCUT2D eigenvalue weighted by Gasteiger charge is -2.09. The van der Waals surface area contributed by atoms with E-state index in [-0.39, 0.29) is 11.5 Å². The van der Waals surface area contributed by atoms with Crippen molar-refractivity contribution in [1.82, 2.24) is 4.98 Å². The summed E-state index contributed by atoms with van der Waals surface area (Å²) >= 11 is 0. The highest BCUT2D eigenvalue weighted by Gasteiger charge is 2.08. The van der Waals surface area contributed by atoms with Crippen LogP contribution in [-0.4, -0.2) is 10.9 Å². The number of carbonyl (C=O) groups is 1. The van der Waals surface area contributed by atoms with Gasteiger partial charge in [0.15, 0.2) is 0 Å². The van der Waals surface area contributed by atoms with Crippen molar-refractivity contribution in [2.75, 3.05) is 5.32 Å². The van der Waals surface area contributed by atoms with Gasteiger partial charge in [-0.2, -0.15) is 0 Å². The molecular weight excluding hydrogens is 242 g/mol. The van der Waals surface area contributed by atoms with Crippen LogP contribution in [0, 0.1) is 6.92 Å². The van der Waals surface area contributed by atoms with Crippen molar-refractivity contribution in [3.63, 3.8) is 0 Å². The molecule has 19 heavy (non-hydrogen) atoms. The molecule has 0 aliphatic carbocycles. The molecule has 5 nitrogen and oxygen atoms in total. The number of nitrogens with one attached hydrogen (secondary N) is 2. The predicted molar refractivity (Wildman–Crippen MR) is 74.1 cm³/mol. The highest BCUT2D eigenvalue weighted by Crippen LogP contribution is 2.17. The third-order valence-corrected chi connectivity index (χ3v) is 2.82. The maximum absolute atomic E-state index is 12.0. The summed E-state index contributed by atoms with van der Waals surface area (Å²) in [4.78, 5) is 25.7. The Morgan fingerprint density at radius 2 is 2.11 bits per heavy atom. The zero-order chi connectivity index (χ0) is 13.8. The predicted octanol–water partition coefficient (Wildman–Crippen LogP) is 1.39. The Labute approximate surface area is 110 Å². The Morgan fingerprint density at radius 1 is 1.32 bits per heavy atom. The molecule has 0 spiro atoms. The van der Waals surface area contributed by atoms with Crippen LogP contribution in [0.25, 0.3) is 0 Å². The number of hydrogen-bond acceptors (Lipinski definition) is 3. The number of nitrogens with two attached hydrogens (primary N) is 1. The first kappa shape index (κ1) is 13.0. The Morgan fingerprint density at radius 3 is 2.79 bits per heavy atom. The van der Waals surface area contributed by atoms with E-state index in [1.807, 2.05) is 25.1 Å². The number of aromatic amines is 1. The molecule has 1 aromatic heterocycles. The van der Waals surface area contributed by atoms with Crippen molar-refractivity contribution in [2.45, 2.75) is 13.5 Å². The number of pyridine rings is 1. The summed E-state index contributed by atoms with van der Waals surface area (Å²) in [6.45, 7) is 2.31. The minimum Gasteiger partial charge on any atom is -0.329 e. The summed E-state index contributed by atoms with van der Waals surface area (Å²) in [6, 6.07) is 8.46. The van der Waals surface area contributed by atoms with Gasteiger partial charge in [0, 0.05) is 30.1 Å². The zero-order valence-electron chi connectivity index (χ0n) is 10.6. The van der Waals surface area contributed by atoms with Gasteiger partial charge >= 0.3 is 0 Å². The molecule has 1 amide bonds. The van der Waals surface area contributed by atoms with E-state index < -0.39 is 0 Å². The lowest BCUT2D eigenvalue weighted by molar-refractivity contribution is 0.102. The third-order valence-electron chi connectivity index (χ3n) is 2.82. The third kappa shape index (κ3) is 3.08. The smallest absolute Gasteiger partial charge is 0.255 e. The van der Waals surface area contributed by atoms with Gasteiger partial charge in [-0.1, -0.05) is 12.1 Å². The van der Waals surface area contributed by atoms with Crippen LogP contribution < -0.4 is 16.6 Å². The fourth-order valence-electron chi connectivity index (χ4n) is 1.71. The number of hydrogen-bond donors (Lipinski definition) is 3. The molecule has 1 heterocycles. The minimum atomic E-state index is -0.316. The first-order chi connectivity index (χ1) is 9.10. The van der Waals surface area contributed by atoms with Crippen LogP contribution in [0.2, 0.25) is 0 Å². The monoisotopic (exact) mass is 257 g/mol. The Bertz CT molecular complexity index is 662. The maximum atomic E-state index is 12.0. The van der Waals surface area contributed by atoms with Gasteiger partial charge in [0.05, 0.1) is 0 Å². The van der Waals surface area contributed by atoms with E-state index in [4.69, 9.17) is 5.73 Å². The normalized spacial score (nSPS) is 10.2. The molecule has 5 heteroatoms. The lowest BCUT2D eigenvalue weighted by Crippen LogP contribution is -2.16. The molecule has 4 N–H and O–H groups in total. The number of rotatable bonds is 3. The molecule has 0 radical (unpaired) electrons. The van der Waals surface area contributed by atoms with Gasteiger partial charge in [0.1, 0.15) is 0 Å². The fraction of sp³-hybridized carbons (Fsp3) is 0.143. The number of anilines is 1. The summed E-state index contributed by atoms with van der Waals surface area (Å²) in [5, 5.41) is 2.78. The van der Waals surface area contributed by atoms with Crippen LogP contribution >= 0.6 is 0 Å². The summed E-state index contributed by atoms with van der Waals surface area (Å²) in [6.07, 6.45) is 1.44. The first-order valence-corrected chi connectivity index (χ1v) is 5.90. The molecule has 0 fully saturated rings. The SMILES string of the molecule is Cc1ccc(CN)cc1NC(=O)c1cc[nH]c(=O)c1. The van der Waals surface area contributed by atoms with Crippen molar-refractivity contribution in [1.29, 1.82) is 0 Å². The van der Waals surface area contributed by atoms with Crippen molar-refractivity contribution < 1.29 is 4.79 Å². The summed E-state index contributed by atoms with van der Waals surface area (Å²) in [5.74, 6) is -0.316. The largest absolute Gasteiger partial charge is 0.329 e. The minimum absolute atomic E-state index is 0.305. The van der Waals surface area contributed by atoms with Crippen LogP contribution in [0.15, 0.2) is 41.3 Å². The number of aromatic nitrogens is 1. The number of H-pyrrole nitrogens is 1. The number of amides is 1. The number of carbonyl (C=O) groups excluding carboxylic acids is 1. The molecule has 1 aromatic carbocycles. The Kier molecular flexibility index (Phi) is 3.77. The van der Waals surface area contributed by atoms with Crippen molar-refractivity contribution in [3.8, 4) is 0 Å². The second-order valence-corrected chi connectivity index (χ2v) is 4.25. The van der Waals surface area contributed by atoms with E-state index in [0.717, 1.165) is 11.1 Å². The van der Waals surface area contributed by atoms with E-state index in [9.17, 15) is 9.59 Å². The van der Waals surface area contributed by atoms with Crippen LogP contribution in [0.4, 0.5) is 5.69 Å². The van der Waals surface area contributed by atoms with Crippen LogP contribution in [0.1, 0.15) is 21.5 Å². The quantitative estimate of drug-likeness (QED) is 0.776.